The average Bonchev–Trinajstić information content (AvgIpc) is 2.76. The fraction of sp³-hybridized carbons (Fsp3) is 0.667. The first kappa shape index (κ1) is 16.3. The number of aliphatic hydroxyl groups excluding tert-OH is 1. The standard InChI is InChI=1S/C15H26N2OS/c1-6-8-9-13(18)10-17(5)12(4)15-11(3)16-14(7-2)19-15/h6,12-13,18H,1,7-10H2,2-5H3. The van der Waals surface area contributed by atoms with Gasteiger partial charge in [0.2, 0.25) is 0 Å². The van der Waals surface area contributed by atoms with Crippen LogP contribution in [0.15, 0.2) is 12.7 Å². The van der Waals surface area contributed by atoms with Crippen LogP contribution >= 0.6 is 11.3 Å². The van der Waals surface area contributed by atoms with Crippen molar-refractivity contribution in [1.82, 2.24) is 9.88 Å². The largest absolute Gasteiger partial charge is 0.392 e. The lowest BCUT2D eigenvalue weighted by molar-refractivity contribution is 0.102. The van der Waals surface area contributed by atoms with Crippen LogP contribution in [0, 0.1) is 6.92 Å². The van der Waals surface area contributed by atoms with Crippen molar-refractivity contribution in [3.8, 4) is 0 Å². The molecule has 0 spiro atoms. The van der Waals surface area contributed by atoms with Gasteiger partial charge in [0.25, 0.3) is 0 Å². The number of aliphatic hydroxyl groups is 1. The number of hydrogen-bond donors (Lipinski definition) is 1. The van der Waals surface area contributed by atoms with Gasteiger partial charge in [-0.05, 0) is 40.2 Å². The van der Waals surface area contributed by atoms with Gasteiger partial charge in [0.05, 0.1) is 16.8 Å². The highest BCUT2D eigenvalue weighted by atomic mass is 32.1. The van der Waals surface area contributed by atoms with E-state index < -0.39 is 0 Å². The minimum Gasteiger partial charge on any atom is -0.392 e. The second-order valence-corrected chi connectivity index (χ2v) is 6.16. The maximum absolute atomic E-state index is 9.97. The van der Waals surface area contributed by atoms with E-state index in [4.69, 9.17) is 0 Å². The second-order valence-electron chi connectivity index (χ2n) is 5.05. The molecular formula is C15H26N2OS. The third-order valence-electron chi connectivity index (χ3n) is 3.42. The number of allylic oxidation sites excluding steroid dienone is 1. The first-order valence-corrected chi connectivity index (χ1v) is 7.76. The average molecular weight is 282 g/mol. The maximum Gasteiger partial charge on any atom is 0.0928 e. The molecule has 2 atom stereocenters. The topological polar surface area (TPSA) is 36.4 Å². The van der Waals surface area contributed by atoms with E-state index in [1.54, 1.807) is 11.3 Å². The van der Waals surface area contributed by atoms with Crippen molar-refractivity contribution in [2.24, 2.45) is 0 Å². The van der Waals surface area contributed by atoms with Gasteiger partial charge in [0.15, 0.2) is 0 Å². The zero-order valence-corrected chi connectivity index (χ0v) is 13.3. The highest BCUT2D eigenvalue weighted by molar-refractivity contribution is 7.11. The minimum atomic E-state index is -0.288. The summed E-state index contributed by atoms with van der Waals surface area (Å²) in [4.78, 5) is 8.09. The molecule has 0 aliphatic rings. The first-order valence-electron chi connectivity index (χ1n) is 6.94. The summed E-state index contributed by atoms with van der Waals surface area (Å²) in [5.41, 5.74) is 1.13. The molecule has 0 aromatic carbocycles. The molecule has 0 saturated carbocycles. The smallest absolute Gasteiger partial charge is 0.0928 e. The Labute approximate surface area is 121 Å². The van der Waals surface area contributed by atoms with E-state index in [1.165, 1.54) is 9.88 Å². The van der Waals surface area contributed by atoms with Crippen molar-refractivity contribution in [1.29, 1.82) is 0 Å². The van der Waals surface area contributed by atoms with Gasteiger partial charge in [-0.15, -0.1) is 17.9 Å². The summed E-state index contributed by atoms with van der Waals surface area (Å²) in [7, 11) is 2.06. The molecule has 1 heterocycles. The van der Waals surface area contributed by atoms with E-state index in [1.807, 2.05) is 6.08 Å². The number of aryl methyl sites for hydroxylation is 2. The summed E-state index contributed by atoms with van der Waals surface area (Å²) < 4.78 is 0. The summed E-state index contributed by atoms with van der Waals surface area (Å²) in [5.74, 6) is 0. The van der Waals surface area contributed by atoms with Gasteiger partial charge in [-0.1, -0.05) is 13.0 Å². The van der Waals surface area contributed by atoms with Gasteiger partial charge in [-0.3, -0.25) is 4.90 Å². The Balaban J connectivity index is 2.62. The summed E-state index contributed by atoms with van der Waals surface area (Å²) in [6.07, 6.45) is 4.20. The zero-order chi connectivity index (χ0) is 14.4. The molecule has 0 fully saturated rings. The summed E-state index contributed by atoms with van der Waals surface area (Å²) >= 11 is 1.79. The Morgan fingerprint density at radius 1 is 1.53 bits per heavy atom. The molecule has 4 heteroatoms. The third-order valence-corrected chi connectivity index (χ3v) is 4.89. The van der Waals surface area contributed by atoms with Crippen LogP contribution in [0.25, 0.3) is 0 Å². The van der Waals surface area contributed by atoms with Gasteiger partial charge in [-0.2, -0.15) is 0 Å². The number of aromatic nitrogens is 1. The van der Waals surface area contributed by atoms with E-state index in [0.717, 1.165) is 25.0 Å². The Bertz CT molecular complexity index is 403. The Morgan fingerprint density at radius 2 is 2.21 bits per heavy atom. The van der Waals surface area contributed by atoms with Gasteiger partial charge in [0.1, 0.15) is 0 Å². The van der Waals surface area contributed by atoms with Crippen molar-refractivity contribution in [2.45, 2.75) is 52.2 Å². The van der Waals surface area contributed by atoms with Crippen molar-refractivity contribution in [3.05, 3.63) is 28.2 Å². The molecule has 1 N–H and O–H groups in total. The van der Waals surface area contributed by atoms with Crippen LogP contribution in [0.1, 0.15) is 48.3 Å². The van der Waals surface area contributed by atoms with E-state index in [-0.39, 0.29) is 6.10 Å². The fourth-order valence-corrected chi connectivity index (χ4v) is 3.22. The number of hydrogen-bond acceptors (Lipinski definition) is 4. The molecule has 19 heavy (non-hydrogen) atoms. The molecule has 0 saturated heterocycles. The van der Waals surface area contributed by atoms with Crippen molar-refractivity contribution in [2.75, 3.05) is 13.6 Å². The molecule has 0 bridgehead atoms. The van der Waals surface area contributed by atoms with E-state index in [2.05, 4.69) is 44.3 Å². The van der Waals surface area contributed by atoms with Crippen LogP contribution in [-0.2, 0) is 6.42 Å². The normalized spacial score (nSPS) is 14.6. The van der Waals surface area contributed by atoms with Crippen LogP contribution in [-0.4, -0.2) is 34.7 Å². The number of rotatable bonds is 8. The molecule has 108 valence electrons. The maximum atomic E-state index is 9.97. The quantitative estimate of drug-likeness (QED) is 0.743. The highest BCUT2D eigenvalue weighted by Gasteiger charge is 2.19. The molecule has 1 rings (SSSR count). The number of thiazole rings is 1. The van der Waals surface area contributed by atoms with Crippen LogP contribution in [0.5, 0.6) is 0 Å². The summed E-state index contributed by atoms with van der Waals surface area (Å²) in [5, 5.41) is 11.2. The van der Waals surface area contributed by atoms with Crippen molar-refractivity contribution >= 4 is 11.3 Å². The van der Waals surface area contributed by atoms with Gasteiger partial charge >= 0.3 is 0 Å². The molecule has 3 nitrogen and oxygen atoms in total. The first-order chi connectivity index (χ1) is 8.99. The fourth-order valence-electron chi connectivity index (χ4n) is 2.10. The predicted octanol–water partition coefficient (Wildman–Crippen LogP) is 3.33. The lowest BCUT2D eigenvalue weighted by Gasteiger charge is -2.26. The van der Waals surface area contributed by atoms with Crippen LogP contribution in [0.2, 0.25) is 0 Å². The van der Waals surface area contributed by atoms with E-state index >= 15 is 0 Å². The molecule has 0 aliphatic carbocycles. The monoisotopic (exact) mass is 282 g/mol. The third kappa shape index (κ3) is 4.71. The van der Waals surface area contributed by atoms with E-state index in [9.17, 15) is 5.11 Å². The van der Waals surface area contributed by atoms with Gasteiger partial charge in [-0.25, -0.2) is 4.98 Å². The van der Waals surface area contributed by atoms with Crippen molar-refractivity contribution in [3.63, 3.8) is 0 Å². The van der Waals surface area contributed by atoms with E-state index in [0.29, 0.717) is 12.6 Å². The zero-order valence-electron chi connectivity index (χ0n) is 12.5. The number of likely N-dealkylation sites (N-methyl/N-ethyl adjacent to an activating group) is 1. The van der Waals surface area contributed by atoms with Gasteiger partial charge < -0.3 is 5.11 Å². The lowest BCUT2D eigenvalue weighted by Crippen LogP contribution is -2.31. The molecule has 0 radical (unpaired) electrons. The molecular weight excluding hydrogens is 256 g/mol. The Morgan fingerprint density at radius 3 is 2.74 bits per heavy atom. The molecule has 0 aliphatic heterocycles. The van der Waals surface area contributed by atoms with Crippen molar-refractivity contribution < 1.29 is 5.11 Å². The van der Waals surface area contributed by atoms with Gasteiger partial charge in [0, 0.05) is 17.5 Å². The molecule has 2 unspecified atom stereocenters. The molecule has 1 aromatic rings. The SMILES string of the molecule is C=CCCC(O)CN(C)C(C)c1sc(CC)nc1C. The second kappa shape index (κ2) is 7.78. The van der Waals surface area contributed by atoms with Crippen LogP contribution < -0.4 is 0 Å². The van der Waals surface area contributed by atoms with Crippen LogP contribution in [0.3, 0.4) is 0 Å². The Hall–Kier alpha value is -0.710. The lowest BCUT2D eigenvalue weighted by atomic mass is 10.1. The summed E-state index contributed by atoms with van der Waals surface area (Å²) in [6.45, 7) is 10.8. The number of nitrogens with zero attached hydrogens (tertiary/aromatic N) is 2. The predicted molar refractivity (Wildman–Crippen MR) is 82.7 cm³/mol. The molecule has 0 amide bonds. The Kier molecular flexibility index (Phi) is 6.69. The summed E-state index contributed by atoms with van der Waals surface area (Å²) in [6, 6.07) is 0.302. The minimum absolute atomic E-state index is 0.288. The highest BCUT2D eigenvalue weighted by Crippen LogP contribution is 2.28. The molecule has 1 aromatic heterocycles. The van der Waals surface area contributed by atoms with Crippen LogP contribution in [0.4, 0.5) is 0 Å².